The Morgan fingerprint density at radius 3 is 2.48 bits per heavy atom. The Morgan fingerprint density at radius 1 is 1.23 bits per heavy atom. The number of anilines is 1. The number of hydrogen-bond acceptors (Lipinski definition) is 6. The van der Waals surface area contributed by atoms with Gasteiger partial charge in [-0.3, -0.25) is 10.0 Å². The van der Waals surface area contributed by atoms with Crippen LogP contribution in [0.1, 0.15) is 30.1 Å². The van der Waals surface area contributed by atoms with Gasteiger partial charge in [0, 0.05) is 24.7 Å². The molecule has 2 aromatic carbocycles. The number of rotatable bonds is 6. The first kappa shape index (κ1) is 22.9. The zero-order chi connectivity index (χ0) is 22.4. The van der Waals surface area contributed by atoms with Crippen LogP contribution in [0, 0.1) is 11.7 Å². The van der Waals surface area contributed by atoms with Gasteiger partial charge in [0.05, 0.1) is 22.3 Å². The number of carbonyl (C=O) groups excluding carboxylic acids is 2. The van der Waals surface area contributed by atoms with Crippen molar-refractivity contribution in [1.29, 1.82) is 0 Å². The van der Waals surface area contributed by atoms with Crippen LogP contribution in [-0.4, -0.2) is 42.5 Å². The lowest BCUT2D eigenvalue weighted by Crippen LogP contribution is -2.41. The first-order chi connectivity index (χ1) is 14.9. The van der Waals surface area contributed by atoms with E-state index in [0.717, 1.165) is 5.69 Å². The van der Waals surface area contributed by atoms with Crippen molar-refractivity contribution in [2.45, 2.75) is 19.8 Å². The van der Waals surface area contributed by atoms with E-state index in [1.807, 2.05) is 17.6 Å². The molecule has 1 heterocycles. The summed E-state index contributed by atoms with van der Waals surface area (Å²) in [6.07, 6.45) is 1.18. The zero-order valence-corrected chi connectivity index (χ0v) is 18.6. The molecule has 0 bridgehead atoms. The molecule has 2 aromatic rings. The molecule has 2 N–H and O–H groups in total. The lowest BCUT2D eigenvalue weighted by molar-refractivity contribution is -0.117. The number of hydrogen-bond donors (Lipinski definition) is 2. The third-order valence-electron chi connectivity index (χ3n) is 5.09. The molecule has 1 fully saturated rings. The molecule has 0 amide bonds. The molecule has 0 atom stereocenters. The van der Waals surface area contributed by atoms with E-state index >= 15 is 0 Å². The van der Waals surface area contributed by atoms with Gasteiger partial charge in [-0.05, 0) is 78.2 Å². The van der Waals surface area contributed by atoms with Gasteiger partial charge in [0.2, 0.25) is 5.78 Å². The highest BCUT2D eigenvalue weighted by molar-refractivity contribution is 9.10. The maximum absolute atomic E-state index is 13.4. The first-order valence-corrected chi connectivity index (χ1v) is 10.7. The smallest absolute Gasteiger partial charge is 0.338 e. The quantitative estimate of drug-likeness (QED) is 0.271. The minimum Gasteiger partial charge on any atom is -0.462 e. The highest BCUT2D eigenvalue weighted by Gasteiger charge is 2.28. The third-order valence-corrected chi connectivity index (χ3v) is 5.70. The largest absolute Gasteiger partial charge is 0.462 e. The van der Waals surface area contributed by atoms with Crippen LogP contribution in [-0.2, 0) is 9.53 Å². The monoisotopic (exact) mass is 491 g/mol. The molecule has 7 nitrogen and oxygen atoms in total. The number of ether oxygens (including phenoxy) is 1. The van der Waals surface area contributed by atoms with Gasteiger partial charge in [-0.1, -0.05) is 0 Å². The molecular formula is C22H23BrFN3O4. The number of piperidine rings is 1. The van der Waals surface area contributed by atoms with E-state index < -0.39 is 5.82 Å². The van der Waals surface area contributed by atoms with E-state index in [1.54, 1.807) is 19.1 Å². The van der Waals surface area contributed by atoms with Crippen molar-refractivity contribution in [2.24, 2.45) is 10.9 Å². The Hall–Kier alpha value is -2.78. The fourth-order valence-corrected chi connectivity index (χ4v) is 3.80. The van der Waals surface area contributed by atoms with Gasteiger partial charge in [0.1, 0.15) is 5.82 Å². The number of amidine groups is 1. The molecule has 0 radical (unpaired) electrons. The number of hydroxylamine groups is 1. The van der Waals surface area contributed by atoms with E-state index in [-0.39, 0.29) is 28.0 Å². The van der Waals surface area contributed by atoms with Crippen LogP contribution in [0.15, 0.2) is 51.9 Å². The summed E-state index contributed by atoms with van der Waals surface area (Å²) in [5.41, 5.74) is 3.69. The van der Waals surface area contributed by atoms with Crippen LogP contribution in [0.2, 0.25) is 0 Å². The fraction of sp³-hybridized carbons (Fsp3) is 0.318. The molecular weight excluding hydrogens is 469 g/mol. The number of nitrogens with zero attached hydrogens (tertiary/aromatic N) is 2. The summed E-state index contributed by atoms with van der Waals surface area (Å²) in [6.45, 7) is 3.39. The maximum atomic E-state index is 13.4. The number of esters is 1. The van der Waals surface area contributed by atoms with Gasteiger partial charge in [-0.2, -0.15) is 0 Å². The second-order valence-electron chi connectivity index (χ2n) is 7.06. The van der Waals surface area contributed by atoms with Crippen molar-refractivity contribution in [3.05, 3.63) is 58.3 Å². The molecule has 164 valence electrons. The number of ketones is 1. The minimum atomic E-state index is -0.438. The molecule has 0 saturated carbocycles. The highest BCUT2D eigenvalue weighted by atomic mass is 79.9. The maximum Gasteiger partial charge on any atom is 0.338 e. The zero-order valence-electron chi connectivity index (χ0n) is 17.0. The van der Waals surface area contributed by atoms with Gasteiger partial charge >= 0.3 is 5.97 Å². The summed E-state index contributed by atoms with van der Waals surface area (Å²) in [5.74, 6) is -1.55. The van der Waals surface area contributed by atoms with Crippen molar-refractivity contribution >= 4 is 44.9 Å². The second-order valence-corrected chi connectivity index (χ2v) is 7.92. The number of benzene rings is 2. The number of Topliss-reactive ketones (excluding diaryl/α,β-unsaturated/α-hetero) is 1. The molecule has 0 unspecified atom stereocenters. The van der Waals surface area contributed by atoms with Crippen LogP contribution >= 0.6 is 15.9 Å². The minimum absolute atomic E-state index is 0.171. The van der Waals surface area contributed by atoms with Crippen LogP contribution < -0.4 is 10.4 Å². The molecule has 3 rings (SSSR count). The lowest BCUT2D eigenvalue weighted by atomic mass is 9.91. The molecule has 1 aliphatic rings. The van der Waals surface area contributed by atoms with Crippen molar-refractivity contribution < 1.29 is 23.9 Å². The van der Waals surface area contributed by atoms with Gasteiger partial charge < -0.3 is 9.64 Å². The standard InChI is InChI=1S/C22H23BrFN3O4/c1-2-31-22(29)15-3-6-17(7-4-15)27-11-9-14(10-12-27)20(28)21(26-30)25-16-5-8-19(24)18(23)13-16/h3-8,13-14,30H,2,9-12H2,1H3,(H,25,26). The lowest BCUT2D eigenvalue weighted by Gasteiger charge is -2.33. The molecule has 0 spiro atoms. The number of halogens is 2. The van der Waals surface area contributed by atoms with Gasteiger partial charge in [0.25, 0.3) is 0 Å². The summed E-state index contributed by atoms with van der Waals surface area (Å²) in [7, 11) is 0. The Labute approximate surface area is 188 Å². The van der Waals surface area contributed by atoms with Crippen LogP contribution in [0.4, 0.5) is 15.8 Å². The van der Waals surface area contributed by atoms with E-state index in [2.05, 4.69) is 25.8 Å². The average Bonchev–Trinajstić information content (AvgIpc) is 2.79. The molecule has 9 heteroatoms. The Bertz CT molecular complexity index is 973. The predicted octanol–water partition coefficient (Wildman–Crippen LogP) is 4.26. The molecule has 1 saturated heterocycles. The van der Waals surface area contributed by atoms with Crippen molar-refractivity contribution in [2.75, 3.05) is 24.6 Å². The van der Waals surface area contributed by atoms with Crippen molar-refractivity contribution in [3.8, 4) is 0 Å². The van der Waals surface area contributed by atoms with Crippen LogP contribution in [0.3, 0.4) is 0 Å². The van der Waals surface area contributed by atoms with E-state index in [1.165, 1.54) is 18.2 Å². The summed E-state index contributed by atoms with van der Waals surface area (Å²) in [4.78, 5) is 30.8. The van der Waals surface area contributed by atoms with Gasteiger partial charge in [0.15, 0.2) is 5.84 Å². The normalized spacial score (nSPS) is 15.0. The first-order valence-electron chi connectivity index (χ1n) is 9.93. The molecule has 31 heavy (non-hydrogen) atoms. The number of nitrogens with one attached hydrogen (secondary N) is 1. The van der Waals surface area contributed by atoms with E-state index in [0.29, 0.717) is 43.8 Å². The summed E-state index contributed by atoms with van der Waals surface area (Å²) in [5, 5.41) is 9.42. The van der Waals surface area contributed by atoms with E-state index in [4.69, 9.17) is 4.74 Å². The third kappa shape index (κ3) is 5.68. The van der Waals surface area contributed by atoms with Gasteiger partial charge in [-0.15, -0.1) is 0 Å². The molecule has 0 aliphatic carbocycles. The number of carbonyl (C=O) groups is 2. The Kier molecular flexibility index (Phi) is 7.75. The predicted molar refractivity (Wildman–Crippen MR) is 118 cm³/mol. The van der Waals surface area contributed by atoms with Gasteiger partial charge in [-0.25, -0.2) is 19.7 Å². The topological polar surface area (TPSA) is 91.2 Å². The highest BCUT2D eigenvalue weighted by Crippen LogP contribution is 2.26. The van der Waals surface area contributed by atoms with E-state index in [9.17, 15) is 19.2 Å². The Morgan fingerprint density at radius 2 is 1.90 bits per heavy atom. The summed E-state index contributed by atoms with van der Waals surface area (Å²) >= 11 is 3.08. The fourth-order valence-electron chi connectivity index (χ4n) is 3.43. The second kappa shape index (κ2) is 10.5. The molecule has 0 aromatic heterocycles. The summed E-state index contributed by atoms with van der Waals surface area (Å²) < 4.78 is 18.6. The SMILES string of the molecule is CCOC(=O)c1ccc(N2CCC(C(=O)C(=Nc3ccc(F)c(Br)c3)NO)CC2)cc1. The Balaban J connectivity index is 1.62. The molecule has 1 aliphatic heterocycles. The summed E-state index contributed by atoms with van der Waals surface area (Å²) in [6, 6.07) is 11.3. The van der Waals surface area contributed by atoms with Crippen molar-refractivity contribution in [1.82, 2.24) is 5.48 Å². The van der Waals surface area contributed by atoms with Crippen molar-refractivity contribution in [3.63, 3.8) is 0 Å². The van der Waals surface area contributed by atoms with Crippen LogP contribution in [0.5, 0.6) is 0 Å². The average molecular weight is 492 g/mol. The number of aliphatic imine (C=N–C) groups is 1. The van der Waals surface area contributed by atoms with Crippen LogP contribution in [0.25, 0.3) is 0 Å².